The van der Waals surface area contributed by atoms with E-state index in [1.54, 1.807) is 18.2 Å². The van der Waals surface area contributed by atoms with Crippen LogP contribution in [0.5, 0.6) is 0 Å². The molecule has 1 N–H and O–H groups in total. The lowest BCUT2D eigenvalue weighted by molar-refractivity contribution is 0.160. The van der Waals surface area contributed by atoms with E-state index < -0.39 is 41.3 Å². The molecule has 3 aromatic rings. The minimum Gasteiger partial charge on any atom is -0.388 e. The molecule has 1 aliphatic heterocycles. The normalized spacial score (nSPS) is 20.0. The number of aliphatic hydroxyl groups is 1. The van der Waals surface area contributed by atoms with Gasteiger partial charge in [-0.25, -0.2) is 22.0 Å². The van der Waals surface area contributed by atoms with E-state index in [1.807, 2.05) is 6.92 Å². The van der Waals surface area contributed by atoms with Crippen molar-refractivity contribution in [3.63, 3.8) is 0 Å². The maximum atomic E-state index is 15.1. The Balaban J connectivity index is 1.34. The molecule has 194 valence electrons. The first kappa shape index (κ1) is 25.6. The van der Waals surface area contributed by atoms with Gasteiger partial charge in [-0.2, -0.15) is 0 Å². The molecule has 0 amide bonds. The van der Waals surface area contributed by atoms with Gasteiger partial charge in [-0.1, -0.05) is 55.8 Å². The zero-order chi connectivity index (χ0) is 26.3. The number of hydrogen-bond donors (Lipinski definition) is 1. The molecule has 0 aromatic heterocycles. The van der Waals surface area contributed by atoms with E-state index >= 15 is 4.39 Å². The minimum atomic E-state index is -1.06. The summed E-state index contributed by atoms with van der Waals surface area (Å²) < 4.78 is 78.6. The van der Waals surface area contributed by atoms with E-state index in [0.29, 0.717) is 49.8 Å². The Morgan fingerprint density at radius 3 is 2.24 bits per heavy atom. The van der Waals surface area contributed by atoms with Gasteiger partial charge in [0.1, 0.15) is 11.9 Å². The first-order valence-electron chi connectivity index (χ1n) is 12.5. The van der Waals surface area contributed by atoms with Crippen LogP contribution in [0.15, 0.2) is 48.5 Å². The lowest BCUT2D eigenvalue weighted by Crippen LogP contribution is -2.09. The maximum absolute atomic E-state index is 15.1. The maximum Gasteiger partial charge on any atom is 0.167 e. The Labute approximate surface area is 212 Å². The molecule has 1 fully saturated rings. The van der Waals surface area contributed by atoms with Gasteiger partial charge in [0.25, 0.3) is 0 Å². The molecule has 0 radical (unpaired) electrons. The Kier molecular flexibility index (Phi) is 7.19. The topological polar surface area (TPSA) is 32.8 Å². The molecule has 3 atom stereocenters. The second-order valence-electron chi connectivity index (χ2n) is 9.72. The van der Waals surface area contributed by atoms with Gasteiger partial charge < -0.3 is 9.84 Å². The van der Waals surface area contributed by atoms with E-state index in [-0.39, 0.29) is 33.7 Å². The number of hydrogen-bond acceptors (Lipinski definition) is 2. The van der Waals surface area contributed by atoms with Crippen molar-refractivity contribution in [2.24, 2.45) is 0 Å². The average Bonchev–Trinajstić information content (AvgIpc) is 3.73. The van der Waals surface area contributed by atoms with Crippen LogP contribution >= 0.6 is 0 Å². The van der Waals surface area contributed by atoms with Gasteiger partial charge in [0, 0.05) is 22.3 Å². The molecule has 2 nitrogen and oxygen atoms in total. The summed E-state index contributed by atoms with van der Waals surface area (Å²) in [6.07, 6.45) is 2.64. The van der Waals surface area contributed by atoms with Crippen LogP contribution in [0, 0.1) is 29.1 Å². The van der Waals surface area contributed by atoms with Crippen LogP contribution in [0.4, 0.5) is 22.0 Å². The first-order chi connectivity index (χ1) is 17.8. The molecule has 2 aliphatic rings. The number of aliphatic hydroxyl groups excluding tert-OH is 1. The number of allylic oxidation sites excluding steroid dienone is 2. The third kappa shape index (κ3) is 4.94. The van der Waals surface area contributed by atoms with Crippen molar-refractivity contribution < 1.29 is 31.8 Å². The van der Waals surface area contributed by atoms with Gasteiger partial charge in [-0.3, -0.25) is 0 Å². The summed E-state index contributed by atoms with van der Waals surface area (Å²) in [4.78, 5) is 0. The van der Waals surface area contributed by atoms with Crippen molar-refractivity contribution in [2.45, 2.75) is 57.2 Å². The van der Waals surface area contributed by atoms with Crippen molar-refractivity contribution in [2.75, 3.05) is 6.61 Å². The number of epoxide rings is 1. The Hall–Kier alpha value is -3.03. The lowest BCUT2D eigenvalue weighted by Gasteiger charge is -2.24. The van der Waals surface area contributed by atoms with E-state index in [1.165, 1.54) is 30.3 Å². The molecular weight excluding hydrogens is 487 g/mol. The zero-order valence-electron chi connectivity index (χ0n) is 20.3. The molecule has 5 rings (SSSR count). The third-order valence-corrected chi connectivity index (χ3v) is 7.33. The summed E-state index contributed by atoms with van der Waals surface area (Å²) in [5.41, 5.74) is 1.54. The van der Waals surface area contributed by atoms with Crippen LogP contribution in [0.3, 0.4) is 0 Å². The van der Waals surface area contributed by atoms with Crippen LogP contribution in [-0.2, 0) is 4.74 Å². The highest BCUT2D eigenvalue weighted by atomic mass is 19.2. The molecule has 3 unspecified atom stereocenters. The monoisotopic (exact) mass is 514 g/mol. The number of rotatable bonds is 7. The van der Waals surface area contributed by atoms with Gasteiger partial charge in [-0.15, -0.1) is 0 Å². The number of halogens is 5. The molecule has 0 saturated carbocycles. The van der Waals surface area contributed by atoms with Gasteiger partial charge in [-0.05, 0) is 54.4 Å². The second kappa shape index (κ2) is 10.4. The van der Waals surface area contributed by atoms with Crippen molar-refractivity contribution in [1.29, 1.82) is 0 Å². The zero-order valence-corrected chi connectivity index (χ0v) is 20.3. The predicted octanol–water partition coefficient (Wildman–Crippen LogP) is 8.31. The summed E-state index contributed by atoms with van der Waals surface area (Å²) in [5.74, 6) is -4.75. The molecule has 7 heteroatoms. The van der Waals surface area contributed by atoms with Crippen molar-refractivity contribution >= 4 is 5.57 Å². The number of ether oxygens (including phenoxy) is 1. The molecule has 1 saturated heterocycles. The first-order valence-corrected chi connectivity index (χ1v) is 12.5. The highest BCUT2D eigenvalue weighted by molar-refractivity contribution is 5.68. The Morgan fingerprint density at radius 1 is 0.892 bits per heavy atom. The molecular formula is C30H27F5O2. The van der Waals surface area contributed by atoms with Gasteiger partial charge in [0.05, 0.1) is 12.7 Å². The molecule has 1 aliphatic carbocycles. The van der Waals surface area contributed by atoms with E-state index in [2.05, 4.69) is 0 Å². The average molecular weight is 515 g/mol. The smallest absolute Gasteiger partial charge is 0.167 e. The van der Waals surface area contributed by atoms with Crippen LogP contribution < -0.4 is 0 Å². The highest BCUT2D eigenvalue weighted by Gasteiger charge is 2.30. The highest BCUT2D eigenvalue weighted by Crippen LogP contribution is 2.40. The Bertz CT molecular complexity index is 1360. The summed E-state index contributed by atoms with van der Waals surface area (Å²) >= 11 is 0. The quantitative estimate of drug-likeness (QED) is 0.254. The van der Waals surface area contributed by atoms with Crippen molar-refractivity contribution in [1.82, 2.24) is 0 Å². The van der Waals surface area contributed by atoms with Crippen LogP contribution in [-0.4, -0.2) is 11.7 Å². The fraction of sp³-hybridized carbons (Fsp3) is 0.333. The summed E-state index contributed by atoms with van der Waals surface area (Å²) in [5, 5.41) is 10.1. The van der Waals surface area contributed by atoms with Gasteiger partial charge in [0.15, 0.2) is 23.3 Å². The van der Waals surface area contributed by atoms with Gasteiger partial charge >= 0.3 is 0 Å². The summed E-state index contributed by atoms with van der Waals surface area (Å²) in [6.45, 7) is 2.21. The summed E-state index contributed by atoms with van der Waals surface area (Å²) in [7, 11) is 0. The largest absolute Gasteiger partial charge is 0.388 e. The number of benzene rings is 3. The van der Waals surface area contributed by atoms with Crippen LogP contribution in [0.25, 0.3) is 16.7 Å². The van der Waals surface area contributed by atoms with Gasteiger partial charge in [0.2, 0.25) is 0 Å². The van der Waals surface area contributed by atoms with E-state index in [4.69, 9.17) is 4.74 Å². The Morgan fingerprint density at radius 2 is 1.59 bits per heavy atom. The molecule has 0 spiro atoms. The van der Waals surface area contributed by atoms with Crippen molar-refractivity contribution in [3.8, 4) is 11.1 Å². The fourth-order valence-electron chi connectivity index (χ4n) is 5.15. The minimum absolute atomic E-state index is 0.0248. The molecule has 3 aromatic carbocycles. The standard InChI is InChI=1S/C30H27F5O2/c1-2-3-25(36)22-12-10-20(27(32)29(22)34)17-6-4-16(5-7-17)19-9-8-18(14-24(19)31)21-11-13-23(26-15-37-26)30(35)28(21)33/h6,8-14,16,25-26,36H,2-5,7,15H2,1H3. The predicted molar refractivity (Wildman–Crippen MR) is 131 cm³/mol. The van der Waals surface area contributed by atoms with E-state index in [0.717, 1.165) is 0 Å². The SMILES string of the molecule is CCCC(O)c1ccc(C2=CCC(c3ccc(-c4ccc(C5CO5)c(F)c4F)cc3F)CC2)c(F)c1F. The van der Waals surface area contributed by atoms with Crippen molar-refractivity contribution in [3.05, 3.63) is 99.9 Å². The second-order valence-corrected chi connectivity index (χ2v) is 9.72. The lowest BCUT2D eigenvalue weighted by atomic mass is 9.81. The summed E-state index contributed by atoms with van der Waals surface area (Å²) in [6, 6.07) is 10.2. The van der Waals surface area contributed by atoms with E-state index in [9.17, 15) is 22.7 Å². The molecule has 37 heavy (non-hydrogen) atoms. The molecule has 0 bridgehead atoms. The molecule has 1 heterocycles. The fourth-order valence-corrected chi connectivity index (χ4v) is 5.15. The van der Waals surface area contributed by atoms with Crippen LogP contribution in [0.1, 0.15) is 79.4 Å². The van der Waals surface area contributed by atoms with Crippen LogP contribution in [0.2, 0.25) is 0 Å². The third-order valence-electron chi connectivity index (χ3n) is 7.33.